The predicted octanol–water partition coefficient (Wildman–Crippen LogP) is 8.14. The van der Waals surface area contributed by atoms with Gasteiger partial charge >= 0.3 is 0 Å². The van der Waals surface area contributed by atoms with Crippen LogP contribution in [0, 0.1) is 23.7 Å². The number of carbonyl (C=O) groups is 5. The van der Waals surface area contributed by atoms with Crippen molar-refractivity contribution in [2.24, 2.45) is 23.7 Å². The molecule has 2 saturated heterocycles. The average molecular weight is 843 g/mol. The zero-order valence-electron chi connectivity index (χ0n) is 32.3. The molecule has 4 aliphatic rings. The number of ether oxygens (including phenoxy) is 2. The van der Waals surface area contributed by atoms with Gasteiger partial charge in [-0.3, -0.25) is 34.3 Å². The van der Waals surface area contributed by atoms with Gasteiger partial charge in [0.15, 0.2) is 5.78 Å². The number of hydrogen-bond donors (Lipinski definition) is 2. The molecule has 11 nitrogen and oxygen atoms in total. The molecule has 1 saturated carbocycles. The van der Waals surface area contributed by atoms with Gasteiger partial charge in [0.05, 0.1) is 53.8 Å². The zero-order chi connectivity index (χ0) is 42.0. The van der Waals surface area contributed by atoms with Gasteiger partial charge in [-0.2, -0.15) is 5.01 Å². The summed E-state index contributed by atoms with van der Waals surface area (Å²) in [6.45, 7) is 0. The van der Waals surface area contributed by atoms with E-state index in [1.54, 1.807) is 97.1 Å². The molecule has 2 heterocycles. The Hall–Kier alpha value is -6.43. The van der Waals surface area contributed by atoms with E-state index in [2.05, 4.69) is 5.43 Å². The lowest BCUT2D eigenvalue weighted by Crippen LogP contribution is -2.53. The molecule has 5 aromatic rings. The molecule has 0 bridgehead atoms. The Labute approximate surface area is 355 Å². The lowest BCUT2D eigenvalue weighted by Gasteiger charge is -2.50. The van der Waals surface area contributed by atoms with Gasteiger partial charge in [-0.15, -0.1) is 0 Å². The number of aromatic hydroxyl groups is 1. The van der Waals surface area contributed by atoms with E-state index in [-0.39, 0.29) is 35.1 Å². The number of anilines is 2. The number of imide groups is 2. The van der Waals surface area contributed by atoms with Crippen LogP contribution in [0.4, 0.5) is 11.4 Å². The van der Waals surface area contributed by atoms with Crippen LogP contribution in [0.3, 0.4) is 0 Å². The maximum absolute atomic E-state index is 15.5. The Kier molecular flexibility index (Phi) is 9.76. The minimum Gasteiger partial charge on any atom is -0.508 e. The highest BCUT2D eigenvalue weighted by molar-refractivity contribution is 6.36. The third-order valence-corrected chi connectivity index (χ3v) is 13.1. The molecule has 2 aliphatic heterocycles. The Morgan fingerprint density at radius 2 is 1.45 bits per heavy atom. The monoisotopic (exact) mass is 841 g/mol. The smallest absolute Gasteiger partial charge is 0.260 e. The number of rotatable bonds is 9. The maximum Gasteiger partial charge on any atom is 0.260 e. The first-order valence-corrected chi connectivity index (χ1v) is 20.1. The lowest BCUT2D eigenvalue weighted by atomic mass is 9.49. The van der Waals surface area contributed by atoms with Gasteiger partial charge in [0.1, 0.15) is 17.2 Å². The summed E-state index contributed by atoms with van der Waals surface area (Å²) < 4.78 is 11.1. The van der Waals surface area contributed by atoms with Gasteiger partial charge in [-0.25, -0.2) is 0 Å². The zero-order valence-corrected chi connectivity index (χ0v) is 33.8. The molecule has 0 aromatic heterocycles. The summed E-state index contributed by atoms with van der Waals surface area (Å²) in [7, 11) is 3.01. The number of phenolic OH excluding ortho intramolecular Hbond substituents is 1. The summed E-state index contributed by atoms with van der Waals surface area (Å²) in [6, 6.07) is 31.4. The van der Waals surface area contributed by atoms with Crippen LogP contribution in [-0.4, -0.2) is 53.7 Å². The minimum absolute atomic E-state index is 0.0226. The standard InChI is InChI=1S/C47H37Cl2N3O8/c1-59-30-15-10-27(11-16-30)47-36(44(56)52(46(47)58)50-38-20-12-28(48)22-37(38)49)24-34-32(41(47)35-23-31(60-2)17-21-39(35)53)18-19-33-40(34)45(57)51(43(33)55)29-13-8-26(9-14-29)42(54)25-6-4-3-5-7-25/h3-18,20-23,33-34,36,40-41,50,53H,19,24H2,1-2H3. The number of nitrogens with zero attached hydrogens (tertiary/aromatic N) is 2. The number of fused-ring (bicyclic) bond motifs is 4. The number of halogens is 2. The second-order valence-electron chi connectivity index (χ2n) is 15.4. The number of nitrogens with one attached hydrogen (secondary N) is 1. The van der Waals surface area contributed by atoms with Crippen molar-refractivity contribution in [3.63, 3.8) is 0 Å². The number of carbonyl (C=O) groups excluding carboxylic acids is 5. The summed E-state index contributed by atoms with van der Waals surface area (Å²) in [6.07, 6.45) is 2.09. The number of benzene rings is 5. The first-order valence-electron chi connectivity index (χ1n) is 19.4. The fourth-order valence-corrected chi connectivity index (χ4v) is 10.3. The van der Waals surface area contributed by atoms with E-state index in [1.807, 2.05) is 12.1 Å². The van der Waals surface area contributed by atoms with Crippen LogP contribution in [0.15, 0.2) is 127 Å². The largest absolute Gasteiger partial charge is 0.508 e. The molecule has 13 heteroatoms. The number of hydrazine groups is 1. The van der Waals surface area contributed by atoms with Gasteiger partial charge < -0.3 is 14.6 Å². The topological polar surface area (TPSA) is 143 Å². The fourth-order valence-electron chi connectivity index (χ4n) is 9.85. The van der Waals surface area contributed by atoms with Crippen LogP contribution in [0.5, 0.6) is 17.2 Å². The molecule has 5 aromatic carbocycles. The molecule has 6 unspecified atom stereocenters. The average Bonchev–Trinajstić information content (AvgIpc) is 3.65. The number of hydrogen-bond acceptors (Lipinski definition) is 9. The van der Waals surface area contributed by atoms with Gasteiger partial charge in [-0.05, 0) is 97.1 Å². The van der Waals surface area contributed by atoms with Crippen molar-refractivity contribution in [1.29, 1.82) is 0 Å². The van der Waals surface area contributed by atoms with Gasteiger partial charge in [0.2, 0.25) is 11.8 Å². The van der Waals surface area contributed by atoms with Crippen LogP contribution in [0.1, 0.15) is 45.8 Å². The Morgan fingerprint density at radius 3 is 2.13 bits per heavy atom. The third kappa shape index (κ3) is 5.97. The van der Waals surface area contributed by atoms with Crippen LogP contribution in [0.2, 0.25) is 10.0 Å². The molecule has 2 N–H and O–H groups in total. The van der Waals surface area contributed by atoms with Crippen molar-refractivity contribution in [2.45, 2.75) is 24.2 Å². The fraction of sp³-hybridized carbons (Fsp3) is 0.213. The van der Waals surface area contributed by atoms with Gasteiger partial charge in [-0.1, -0.05) is 77.3 Å². The van der Waals surface area contributed by atoms with Gasteiger partial charge in [0, 0.05) is 27.6 Å². The van der Waals surface area contributed by atoms with Crippen molar-refractivity contribution in [1.82, 2.24) is 5.01 Å². The summed E-state index contributed by atoms with van der Waals surface area (Å²) in [5.41, 5.74) is 4.21. The SMILES string of the molecule is COc1ccc(C23C(=O)N(Nc4ccc(Cl)cc4Cl)C(=O)C2CC2C(=CCC4C(=O)N(c5ccc(C(=O)c6ccccc6)cc5)C(=O)C42)C3c2cc(OC)ccc2O)cc1. The highest BCUT2D eigenvalue weighted by atomic mass is 35.5. The van der Waals surface area contributed by atoms with E-state index in [9.17, 15) is 19.5 Å². The summed E-state index contributed by atoms with van der Waals surface area (Å²) >= 11 is 12.8. The molecule has 6 atom stereocenters. The maximum atomic E-state index is 15.5. The number of methoxy groups -OCH3 is 2. The lowest BCUT2D eigenvalue weighted by molar-refractivity contribution is -0.138. The normalized spacial score (nSPS) is 24.4. The van der Waals surface area contributed by atoms with E-state index >= 15 is 9.59 Å². The van der Waals surface area contributed by atoms with Gasteiger partial charge in [0.25, 0.3) is 11.8 Å². The van der Waals surface area contributed by atoms with E-state index in [1.165, 1.54) is 31.3 Å². The van der Waals surface area contributed by atoms with Crippen molar-refractivity contribution in [2.75, 3.05) is 24.5 Å². The van der Waals surface area contributed by atoms with Crippen LogP contribution < -0.4 is 19.8 Å². The molecular weight excluding hydrogens is 805 g/mol. The molecule has 0 radical (unpaired) electrons. The molecule has 60 heavy (non-hydrogen) atoms. The van der Waals surface area contributed by atoms with Crippen molar-refractivity contribution < 1.29 is 38.6 Å². The highest BCUT2D eigenvalue weighted by Gasteiger charge is 2.70. The number of allylic oxidation sites excluding steroid dienone is 2. The molecule has 9 rings (SSSR count). The summed E-state index contributed by atoms with van der Waals surface area (Å²) in [4.78, 5) is 74.1. The molecular formula is C47H37Cl2N3O8. The van der Waals surface area contributed by atoms with E-state index < -0.39 is 58.6 Å². The van der Waals surface area contributed by atoms with Crippen molar-refractivity contribution in [3.8, 4) is 17.2 Å². The first kappa shape index (κ1) is 39.1. The summed E-state index contributed by atoms with van der Waals surface area (Å²) in [5, 5.41) is 13.2. The quantitative estimate of drug-likeness (QED) is 0.0855. The molecule has 4 amide bonds. The third-order valence-electron chi connectivity index (χ3n) is 12.5. The Bertz CT molecular complexity index is 2630. The van der Waals surface area contributed by atoms with E-state index in [0.29, 0.717) is 50.0 Å². The molecule has 2 aliphatic carbocycles. The summed E-state index contributed by atoms with van der Waals surface area (Å²) in [5.74, 6) is -5.96. The number of amides is 4. The molecule has 0 spiro atoms. The molecule has 3 fully saturated rings. The van der Waals surface area contributed by atoms with E-state index in [4.69, 9.17) is 32.7 Å². The predicted molar refractivity (Wildman–Crippen MR) is 224 cm³/mol. The Morgan fingerprint density at radius 1 is 0.767 bits per heavy atom. The first-order chi connectivity index (χ1) is 29.0. The highest BCUT2D eigenvalue weighted by Crippen LogP contribution is 2.65. The second kappa shape index (κ2) is 15.0. The van der Waals surface area contributed by atoms with Crippen molar-refractivity contribution in [3.05, 3.63) is 159 Å². The van der Waals surface area contributed by atoms with Crippen molar-refractivity contribution >= 4 is 64.0 Å². The minimum atomic E-state index is -1.68. The van der Waals surface area contributed by atoms with Crippen LogP contribution >= 0.6 is 23.2 Å². The van der Waals surface area contributed by atoms with Crippen LogP contribution in [-0.2, 0) is 24.6 Å². The van der Waals surface area contributed by atoms with Crippen LogP contribution in [0.25, 0.3) is 0 Å². The molecule has 302 valence electrons. The van der Waals surface area contributed by atoms with E-state index in [0.717, 1.165) is 5.01 Å². The Balaban J connectivity index is 1.18. The number of ketones is 1. The second-order valence-corrected chi connectivity index (χ2v) is 16.2. The number of phenols is 1.